The Labute approximate surface area is 127 Å². The molecule has 1 atom stereocenters. The van der Waals surface area contributed by atoms with Gasteiger partial charge >= 0.3 is 0 Å². The second-order valence-corrected chi connectivity index (χ2v) is 6.30. The van der Waals surface area contributed by atoms with Crippen molar-refractivity contribution in [3.05, 3.63) is 64.4 Å². The molecule has 2 aromatic carbocycles. The zero-order chi connectivity index (χ0) is 14.8. The molecule has 108 valence electrons. The molecule has 1 heterocycles. The lowest BCUT2D eigenvalue weighted by molar-refractivity contribution is 0.575. The summed E-state index contributed by atoms with van der Waals surface area (Å²) in [5.74, 6) is -0.186. The minimum atomic E-state index is -0.186. The first kappa shape index (κ1) is 14.2. The number of aromatic nitrogens is 1. The van der Waals surface area contributed by atoms with Gasteiger partial charge in [-0.05, 0) is 49.4 Å². The molecule has 21 heavy (non-hydrogen) atoms. The summed E-state index contributed by atoms with van der Waals surface area (Å²) in [6.45, 7) is 1.91. The van der Waals surface area contributed by atoms with Crippen molar-refractivity contribution >= 4 is 21.6 Å². The van der Waals surface area contributed by atoms with Crippen LogP contribution in [0.25, 0.3) is 10.2 Å². The Kier molecular flexibility index (Phi) is 3.99. The highest BCUT2D eigenvalue weighted by atomic mass is 32.1. The molecule has 0 aliphatic rings. The Morgan fingerprint density at radius 1 is 1.24 bits per heavy atom. The highest BCUT2D eigenvalue weighted by molar-refractivity contribution is 7.18. The van der Waals surface area contributed by atoms with E-state index in [9.17, 15) is 4.39 Å². The van der Waals surface area contributed by atoms with E-state index in [0.29, 0.717) is 0 Å². The summed E-state index contributed by atoms with van der Waals surface area (Å²) < 4.78 is 14.8. The van der Waals surface area contributed by atoms with Crippen molar-refractivity contribution in [2.24, 2.45) is 0 Å². The van der Waals surface area contributed by atoms with Gasteiger partial charge in [-0.1, -0.05) is 18.2 Å². The van der Waals surface area contributed by atoms with E-state index in [1.54, 1.807) is 23.5 Å². The fraction of sp³-hybridized carbons (Fsp3) is 0.235. The number of benzene rings is 2. The number of hydrogen-bond donors (Lipinski definition) is 1. The predicted octanol–water partition coefficient (Wildman–Crippen LogP) is 4.25. The molecule has 0 aliphatic carbocycles. The minimum Gasteiger partial charge on any atom is -0.313 e. The highest BCUT2D eigenvalue weighted by Gasteiger charge is 2.14. The van der Waals surface area contributed by atoms with Crippen molar-refractivity contribution in [3.8, 4) is 0 Å². The van der Waals surface area contributed by atoms with Crippen LogP contribution in [0.1, 0.15) is 22.2 Å². The van der Waals surface area contributed by atoms with Gasteiger partial charge in [0.1, 0.15) is 5.82 Å². The van der Waals surface area contributed by atoms with E-state index in [1.165, 1.54) is 4.70 Å². The molecule has 0 bridgehead atoms. The molecular formula is C17H17FN2S. The van der Waals surface area contributed by atoms with Crippen LogP contribution in [-0.2, 0) is 6.42 Å². The third kappa shape index (κ3) is 3.12. The number of nitrogens with one attached hydrogen (secondary N) is 1. The molecule has 1 N–H and O–H groups in total. The van der Waals surface area contributed by atoms with Crippen LogP contribution in [0, 0.1) is 12.7 Å². The largest absolute Gasteiger partial charge is 0.313 e. The number of thiazole rings is 1. The summed E-state index contributed by atoms with van der Waals surface area (Å²) in [4.78, 5) is 4.66. The van der Waals surface area contributed by atoms with Crippen LogP contribution >= 0.6 is 11.3 Å². The van der Waals surface area contributed by atoms with Crippen molar-refractivity contribution in [1.29, 1.82) is 0 Å². The van der Waals surface area contributed by atoms with E-state index < -0.39 is 0 Å². The second kappa shape index (κ2) is 5.92. The molecule has 1 unspecified atom stereocenters. The molecule has 0 aliphatic heterocycles. The maximum absolute atomic E-state index is 13.6. The van der Waals surface area contributed by atoms with Gasteiger partial charge in [0.2, 0.25) is 0 Å². The van der Waals surface area contributed by atoms with Crippen molar-refractivity contribution in [2.75, 3.05) is 7.05 Å². The Bertz CT molecular complexity index is 713. The minimum absolute atomic E-state index is 0.0694. The first-order valence-corrected chi connectivity index (χ1v) is 7.76. The number of likely N-dealkylation sites (N-methyl/N-ethyl adjacent to an activating group) is 1. The number of aryl methyl sites for hydroxylation is 1. The van der Waals surface area contributed by atoms with Gasteiger partial charge in [-0.15, -0.1) is 11.3 Å². The lowest BCUT2D eigenvalue weighted by Crippen LogP contribution is -2.19. The van der Waals surface area contributed by atoms with Gasteiger partial charge in [-0.25, -0.2) is 9.37 Å². The average molecular weight is 300 g/mol. The summed E-state index contributed by atoms with van der Waals surface area (Å²) in [6.07, 6.45) is 0.763. The lowest BCUT2D eigenvalue weighted by Gasteiger charge is -2.16. The van der Waals surface area contributed by atoms with Crippen molar-refractivity contribution in [3.63, 3.8) is 0 Å². The van der Waals surface area contributed by atoms with Crippen LogP contribution in [0.2, 0.25) is 0 Å². The van der Waals surface area contributed by atoms with Gasteiger partial charge in [-0.2, -0.15) is 0 Å². The molecule has 0 radical (unpaired) electrons. The molecule has 0 amide bonds. The Hall–Kier alpha value is -1.78. The van der Waals surface area contributed by atoms with Crippen LogP contribution in [0.5, 0.6) is 0 Å². The molecular weight excluding hydrogens is 283 g/mol. The summed E-state index contributed by atoms with van der Waals surface area (Å²) >= 11 is 1.70. The van der Waals surface area contributed by atoms with Crippen LogP contribution < -0.4 is 5.32 Å². The SMILES string of the molecule is CNC(Cc1nc2ccccc2s1)c1cc(C)cc(F)c1. The van der Waals surface area contributed by atoms with E-state index in [1.807, 2.05) is 38.2 Å². The van der Waals surface area contributed by atoms with Crippen molar-refractivity contribution < 1.29 is 4.39 Å². The summed E-state index contributed by atoms with van der Waals surface area (Å²) in [6, 6.07) is 13.4. The number of nitrogens with zero attached hydrogens (tertiary/aromatic N) is 1. The number of fused-ring (bicyclic) bond motifs is 1. The molecule has 2 nitrogen and oxygen atoms in total. The number of hydrogen-bond acceptors (Lipinski definition) is 3. The van der Waals surface area contributed by atoms with E-state index in [2.05, 4.69) is 16.4 Å². The second-order valence-electron chi connectivity index (χ2n) is 5.18. The summed E-state index contributed by atoms with van der Waals surface area (Å²) in [7, 11) is 1.90. The number of para-hydroxylation sites is 1. The monoisotopic (exact) mass is 300 g/mol. The molecule has 3 aromatic rings. The van der Waals surface area contributed by atoms with Gasteiger partial charge < -0.3 is 5.32 Å². The molecule has 0 saturated carbocycles. The van der Waals surface area contributed by atoms with E-state index in [-0.39, 0.29) is 11.9 Å². The third-order valence-electron chi connectivity index (χ3n) is 3.53. The smallest absolute Gasteiger partial charge is 0.123 e. The molecule has 1 aromatic heterocycles. The Morgan fingerprint density at radius 2 is 2.05 bits per heavy atom. The first-order valence-electron chi connectivity index (χ1n) is 6.94. The van der Waals surface area contributed by atoms with Crippen molar-refractivity contribution in [2.45, 2.75) is 19.4 Å². The topological polar surface area (TPSA) is 24.9 Å². The first-order chi connectivity index (χ1) is 10.2. The fourth-order valence-corrected chi connectivity index (χ4v) is 3.55. The zero-order valence-electron chi connectivity index (χ0n) is 12.1. The Balaban J connectivity index is 1.89. The normalized spacial score (nSPS) is 12.7. The van der Waals surface area contributed by atoms with Gasteiger partial charge in [0.15, 0.2) is 0 Å². The van der Waals surface area contributed by atoms with E-state index in [0.717, 1.165) is 28.1 Å². The average Bonchev–Trinajstić information content (AvgIpc) is 2.86. The highest BCUT2D eigenvalue weighted by Crippen LogP contribution is 2.26. The lowest BCUT2D eigenvalue weighted by atomic mass is 10.0. The Morgan fingerprint density at radius 3 is 2.76 bits per heavy atom. The van der Waals surface area contributed by atoms with Gasteiger partial charge in [-0.3, -0.25) is 0 Å². The number of halogens is 1. The van der Waals surface area contributed by atoms with Gasteiger partial charge in [0.25, 0.3) is 0 Å². The summed E-state index contributed by atoms with van der Waals surface area (Å²) in [5.41, 5.74) is 2.94. The fourth-order valence-electron chi connectivity index (χ4n) is 2.53. The third-order valence-corrected chi connectivity index (χ3v) is 4.59. The van der Waals surface area contributed by atoms with Crippen LogP contribution in [0.3, 0.4) is 0 Å². The molecule has 0 spiro atoms. The molecule has 4 heteroatoms. The molecule has 3 rings (SSSR count). The van der Waals surface area contributed by atoms with Gasteiger partial charge in [0, 0.05) is 12.5 Å². The van der Waals surface area contributed by atoms with E-state index >= 15 is 0 Å². The van der Waals surface area contributed by atoms with Crippen molar-refractivity contribution in [1.82, 2.24) is 10.3 Å². The number of rotatable bonds is 4. The zero-order valence-corrected chi connectivity index (χ0v) is 12.9. The van der Waals surface area contributed by atoms with Crippen LogP contribution in [0.15, 0.2) is 42.5 Å². The maximum Gasteiger partial charge on any atom is 0.123 e. The predicted molar refractivity (Wildman–Crippen MR) is 86.3 cm³/mol. The molecule has 0 fully saturated rings. The van der Waals surface area contributed by atoms with Crippen LogP contribution in [0.4, 0.5) is 4.39 Å². The quantitative estimate of drug-likeness (QED) is 0.779. The van der Waals surface area contributed by atoms with Crippen LogP contribution in [-0.4, -0.2) is 12.0 Å². The molecule has 0 saturated heterocycles. The maximum atomic E-state index is 13.6. The summed E-state index contributed by atoms with van der Waals surface area (Å²) in [5, 5.41) is 4.33. The van der Waals surface area contributed by atoms with Gasteiger partial charge in [0.05, 0.1) is 15.2 Å². The van der Waals surface area contributed by atoms with E-state index in [4.69, 9.17) is 0 Å². The standard InChI is InChI=1S/C17H17FN2S/c1-11-7-12(9-13(18)8-11)15(19-2)10-17-20-14-5-3-4-6-16(14)21-17/h3-9,15,19H,10H2,1-2H3.